The topological polar surface area (TPSA) is 50.7 Å². The normalized spacial score (nSPS) is 28.5. The van der Waals surface area contributed by atoms with Gasteiger partial charge in [-0.15, -0.1) is 0 Å². The van der Waals surface area contributed by atoms with E-state index in [0.717, 1.165) is 41.0 Å². The van der Waals surface area contributed by atoms with Gasteiger partial charge in [0.1, 0.15) is 17.2 Å². The van der Waals surface area contributed by atoms with Crippen LogP contribution in [-0.4, -0.2) is 19.3 Å². The van der Waals surface area contributed by atoms with Gasteiger partial charge in [-0.3, -0.25) is 0 Å². The van der Waals surface area contributed by atoms with Crippen molar-refractivity contribution in [1.29, 1.82) is 0 Å². The van der Waals surface area contributed by atoms with Crippen LogP contribution >= 0.6 is 0 Å². The number of allylic oxidation sites excluding steroid dienone is 1. The Morgan fingerprint density at radius 3 is 2.50 bits per heavy atom. The Morgan fingerprint density at radius 2 is 1.78 bits per heavy atom. The van der Waals surface area contributed by atoms with Crippen LogP contribution in [0.5, 0.6) is 17.2 Å². The number of hydrogen-bond donors (Lipinski definition) is 2. The first kappa shape index (κ1) is 21.2. The molecule has 0 amide bonds. The summed E-state index contributed by atoms with van der Waals surface area (Å²) in [5, 5.41) is 14.2. The van der Waals surface area contributed by atoms with Gasteiger partial charge in [-0.05, 0) is 85.0 Å². The van der Waals surface area contributed by atoms with Gasteiger partial charge in [0.05, 0.1) is 14.2 Å². The smallest absolute Gasteiger partial charge is 0.124 e. The summed E-state index contributed by atoms with van der Waals surface area (Å²) in [6, 6.07) is 10.1. The average Bonchev–Trinajstić information content (AvgIpc) is 3.11. The number of methoxy groups -OCH3 is 2. The molecule has 0 aliphatic heterocycles. The van der Waals surface area contributed by atoms with Crippen molar-refractivity contribution in [3.05, 3.63) is 59.2 Å². The lowest BCUT2D eigenvalue weighted by molar-refractivity contribution is 0.0816. The summed E-state index contributed by atoms with van der Waals surface area (Å²) in [6.07, 6.45) is 7.29. The highest BCUT2D eigenvalue weighted by Crippen LogP contribution is 2.62. The number of rotatable bonds is 5. The lowest BCUT2D eigenvalue weighted by Crippen LogP contribution is -2.40. The van der Waals surface area contributed by atoms with Gasteiger partial charge >= 0.3 is 0 Å². The minimum Gasteiger partial charge on any atom is -0.508 e. The second kappa shape index (κ2) is 8.06. The van der Waals surface area contributed by atoms with Crippen LogP contribution < -0.4 is 14.8 Å². The van der Waals surface area contributed by atoms with E-state index in [1.54, 1.807) is 14.2 Å². The molecule has 0 heterocycles. The first-order valence-corrected chi connectivity index (χ1v) is 11.9. The molecule has 2 saturated carbocycles. The van der Waals surface area contributed by atoms with Crippen LogP contribution in [-0.2, 0) is 13.0 Å². The Kier molecular flexibility index (Phi) is 5.35. The Hall–Kier alpha value is -2.62. The number of phenolic OH excluding ortho intramolecular Hbond substituents is 1. The zero-order chi connectivity index (χ0) is 22.5. The number of fused-ring (bicyclic) bond motifs is 5. The first-order chi connectivity index (χ1) is 15.4. The lowest BCUT2D eigenvalue weighted by Gasteiger charge is -2.49. The molecule has 0 spiro atoms. The zero-order valence-corrected chi connectivity index (χ0v) is 19.5. The highest BCUT2D eigenvalue weighted by molar-refractivity contribution is 5.55. The van der Waals surface area contributed by atoms with Crippen LogP contribution in [0.25, 0.3) is 0 Å². The number of aryl methyl sites for hydroxylation is 1. The number of aromatic hydroxyl groups is 1. The Morgan fingerprint density at radius 1 is 1.03 bits per heavy atom. The molecule has 0 unspecified atom stereocenters. The molecule has 0 saturated heterocycles. The van der Waals surface area contributed by atoms with Gasteiger partial charge < -0.3 is 19.9 Å². The van der Waals surface area contributed by atoms with E-state index in [1.165, 1.54) is 48.8 Å². The molecular formula is C28H35NO3. The third kappa shape index (κ3) is 3.44. The molecule has 3 aliphatic carbocycles. The van der Waals surface area contributed by atoms with Crippen molar-refractivity contribution in [1.82, 2.24) is 0 Å². The van der Waals surface area contributed by atoms with Crippen molar-refractivity contribution in [2.24, 2.45) is 17.3 Å². The van der Waals surface area contributed by atoms with E-state index in [2.05, 4.69) is 24.9 Å². The van der Waals surface area contributed by atoms with Crippen molar-refractivity contribution in [3.8, 4) is 17.2 Å². The number of hydrogen-bond acceptors (Lipinski definition) is 4. The lowest BCUT2D eigenvalue weighted by atomic mass is 9.55. The number of ether oxygens (including phenoxy) is 2. The van der Waals surface area contributed by atoms with Crippen molar-refractivity contribution >= 4 is 5.69 Å². The summed E-state index contributed by atoms with van der Waals surface area (Å²) in [6.45, 7) is 7.46. The number of phenols is 1. The second-order valence-electron chi connectivity index (χ2n) is 10.1. The first-order valence-electron chi connectivity index (χ1n) is 11.9. The summed E-state index contributed by atoms with van der Waals surface area (Å²) < 4.78 is 10.8. The van der Waals surface area contributed by atoms with Gasteiger partial charge in [0.15, 0.2) is 0 Å². The van der Waals surface area contributed by atoms with Gasteiger partial charge in [0.2, 0.25) is 0 Å². The van der Waals surface area contributed by atoms with Crippen LogP contribution in [0.3, 0.4) is 0 Å². The highest BCUT2D eigenvalue weighted by atomic mass is 16.5. The van der Waals surface area contributed by atoms with Gasteiger partial charge in [0, 0.05) is 36.0 Å². The third-order valence-corrected chi connectivity index (χ3v) is 8.71. The number of benzene rings is 2. The highest BCUT2D eigenvalue weighted by Gasteiger charge is 2.51. The Balaban J connectivity index is 1.40. The fraction of sp³-hybridized carbons (Fsp3) is 0.500. The molecule has 3 aliphatic rings. The van der Waals surface area contributed by atoms with E-state index in [0.29, 0.717) is 23.6 Å². The van der Waals surface area contributed by atoms with Gasteiger partial charge in [-0.1, -0.05) is 19.1 Å². The average molecular weight is 434 g/mol. The maximum absolute atomic E-state index is 10.8. The van der Waals surface area contributed by atoms with E-state index >= 15 is 0 Å². The Bertz CT molecular complexity index is 1020. The molecule has 0 bridgehead atoms. The van der Waals surface area contributed by atoms with E-state index in [-0.39, 0.29) is 0 Å². The largest absolute Gasteiger partial charge is 0.508 e. The van der Waals surface area contributed by atoms with Crippen molar-refractivity contribution in [2.45, 2.75) is 57.9 Å². The fourth-order valence-electron chi connectivity index (χ4n) is 6.81. The van der Waals surface area contributed by atoms with Crippen molar-refractivity contribution < 1.29 is 14.6 Å². The molecule has 0 radical (unpaired) electrons. The second-order valence-corrected chi connectivity index (χ2v) is 10.1. The van der Waals surface area contributed by atoms with Crippen molar-refractivity contribution in [2.75, 3.05) is 19.5 Å². The maximum Gasteiger partial charge on any atom is 0.124 e. The quantitative estimate of drug-likeness (QED) is 0.533. The number of anilines is 1. The van der Waals surface area contributed by atoms with Crippen LogP contribution in [0.4, 0.5) is 5.69 Å². The SMILES string of the molecule is C=C1CC[C@H]2[C@@H]3CCc4cc(O)c(CNc5cc(OC)cc(OC)c5)cc4[C@H]3CC[C@]12C. The van der Waals surface area contributed by atoms with Crippen LogP contribution in [0.2, 0.25) is 0 Å². The third-order valence-electron chi connectivity index (χ3n) is 8.71. The van der Waals surface area contributed by atoms with E-state index in [1.807, 2.05) is 24.3 Å². The van der Waals surface area contributed by atoms with Crippen molar-refractivity contribution in [3.63, 3.8) is 0 Å². The maximum atomic E-state index is 10.8. The monoisotopic (exact) mass is 433 g/mol. The molecule has 2 aromatic rings. The van der Waals surface area contributed by atoms with Gasteiger partial charge in [0.25, 0.3) is 0 Å². The molecule has 4 atom stereocenters. The van der Waals surface area contributed by atoms with E-state index in [4.69, 9.17) is 9.47 Å². The molecule has 5 rings (SSSR count). The molecule has 2 fully saturated rings. The summed E-state index contributed by atoms with van der Waals surface area (Å²) in [5.74, 6) is 3.99. The summed E-state index contributed by atoms with van der Waals surface area (Å²) in [7, 11) is 3.30. The molecule has 2 aromatic carbocycles. The van der Waals surface area contributed by atoms with Crippen LogP contribution in [0.15, 0.2) is 42.5 Å². The molecular weight excluding hydrogens is 398 g/mol. The van der Waals surface area contributed by atoms with Gasteiger partial charge in [-0.2, -0.15) is 0 Å². The summed E-state index contributed by atoms with van der Waals surface area (Å²) >= 11 is 0. The molecule has 4 heteroatoms. The minimum atomic E-state index is 0.339. The minimum absolute atomic E-state index is 0.339. The Labute approximate surface area is 191 Å². The van der Waals surface area contributed by atoms with E-state index < -0.39 is 0 Å². The molecule has 0 aromatic heterocycles. The summed E-state index contributed by atoms with van der Waals surface area (Å²) in [4.78, 5) is 0. The molecule has 170 valence electrons. The zero-order valence-electron chi connectivity index (χ0n) is 19.5. The molecule has 2 N–H and O–H groups in total. The van der Waals surface area contributed by atoms with Gasteiger partial charge in [-0.25, -0.2) is 0 Å². The predicted octanol–water partition coefficient (Wildman–Crippen LogP) is 6.43. The van der Waals surface area contributed by atoms with E-state index in [9.17, 15) is 5.11 Å². The number of nitrogens with one attached hydrogen (secondary N) is 1. The molecule has 4 nitrogen and oxygen atoms in total. The standard InChI is InChI=1S/C28H35NO3/c1-17-5-8-26-24-7-6-18-12-27(30)19(11-25(18)23(24)9-10-28(17,26)2)16-29-20-13-21(31-3)15-22(14-20)32-4/h11-15,23-24,26,29-30H,1,5-10,16H2,2-4H3/t23-,24+,26-,28+/m0/s1. The fourth-order valence-corrected chi connectivity index (χ4v) is 6.81. The van der Waals surface area contributed by atoms with Crippen LogP contribution in [0.1, 0.15) is 61.6 Å². The molecule has 32 heavy (non-hydrogen) atoms. The summed E-state index contributed by atoms with van der Waals surface area (Å²) in [5.41, 5.74) is 6.50. The predicted molar refractivity (Wildman–Crippen MR) is 129 cm³/mol. The van der Waals surface area contributed by atoms with Crippen LogP contribution in [0, 0.1) is 17.3 Å².